The Balaban J connectivity index is 1.63. The number of aromatic amines is 1. The van der Waals surface area contributed by atoms with E-state index >= 15 is 0 Å². The van der Waals surface area contributed by atoms with Crippen LogP contribution in [-0.2, 0) is 11.2 Å². The summed E-state index contributed by atoms with van der Waals surface area (Å²) >= 11 is 1.64. The molecule has 20 heavy (non-hydrogen) atoms. The minimum absolute atomic E-state index is 0.0203. The molecule has 0 bridgehead atoms. The number of carbonyl (C=O) groups is 1. The Hall–Kier alpha value is -1.82. The normalized spacial score (nSPS) is 12.1. The van der Waals surface area contributed by atoms with Gasteiger partial charge in [0.25, 0.3) is 0 Å². The van der Waals surface area contributed by atoms with Crippen LogP contribution in [0.5, 0.6) is 0 Å². The summed E-state index contributed by atoms with van der Waals surface area (Å²) in [6, 6.07) is 10.1. The molecule has 0 fully saturated rings. The van der Waals surface area contributed by atoms with Gasteiger partial charge in [-0.15, -0.1) is 0 Å². The standard InChI is InChI=1S/C14H18N4OS/c1-11(14-15-10-16-18-14)17-13(19)9-20-8-7-12-5-3-2-4-6-12/h2-6,10-11H,7-9H2,1H3,(H,17,19)(H,15,16,18). The van der Waals surface area contributed by atoms with Crippen LogP contribution in [0.4, 0.5) is 0 Å². The topological polar surface area (TPSA) is 70.7 Å². The first-order valence-corrected chi connectivity index (χ1v) is 7.67. The molecule has 5 nitrogen and oxygen atoms in total. The van der Waals surface area contributed by atoms with Gasteiger partial charge in [0.2, 0.25) is 5.91 Å². The van der Waals surface area contributed by atoms with Crippen LogP contribution in [0.15, 0.2) is 36.7 Å². The van der Waals surface area contributed by atoms with Gasteiger partial charge in [-0.2, -0.15) is 16.9 Å². The average molecular weight is 290 g/mol. The van der Waals surface area contributed by atoms with Crippen LogP contribution in [0.3, 0.4) is 0 Å². The van der Waals surface area contributed by atoms with Crippen molar-refractivity contribution in [1.82, 2.24) is 20.5 Å². The minimum Gasteiger partial charge on any atom is -0.346 e. The summed E-state index contributed by atoms with van der Waals surface area (Å²) in [6.45, 7) is 1.88. The maximum absolute atomic E-state index is 11.8. The number of rotatable bonds is 7. The molecule has 0 radical (unpaired) electrons. The molecule has 0 saturated heterocycles. The summed E-state index contributed by atoms with van der Waals surface area (Å²) in [5.41, 5.74) is 1.30. The third kappa shape index (κ3) is 4.70. The Morgan fingerprint density at radius 3 is 2.90 bits per heavy atom. The van der Waals surface area contributed by atoms with Crippen molar-refractivity contribution in [2.45, 2.75) is 19.4 Å². The highest BCUT2D eigenvalue weighted by molar-refractivity contribution is 7.99. The van der Waals surface area contributed by atoms with E-state index in [9.17, 15) is 4.79 Å². The number of nitrogens with one attached hydrogen (secondary N) is 2. The predicted octanol–water partition coefficient (Wildman–Crippen LogP) is 1.96. The third-order valence-electron chi connectivity index (χ3n) is 2.83. The van der Waals surface area contributed by atoms with E-state index in [1.54, 1.807) is 11.8 Å². The summed E-state index contributed by atoms with van der Waals surface area (Å²) in [7, 11) is 0. The lowest BCUT2D eigenvalue weighted by Crippen LogP contribution is -2.29. The van der Waals surface area contributed by atoms with Crippen molar-refractivity contribution in [2.24, 2.45) is 0 Å². The molecule has 1 amide bonds. The number of thioether (sulfide) groups is 1. The molecule has 1 aromatic carbocycles. The van der Waals surface area contributed by atoms with Crippen LogP contribution in [0.2, 0.25) is 0 Å². The Morgan fingerprint density at radius 1 is 1.40 bits per heavy atom. The molecule has 0 aliphatic carbocycles. The Bertz CT molecular complexity index is 515. The van der Waals surface area contributed by atoms with Crippen molar-refractivity contribution in [3.8, 4) is 0 Å². The van der Waals surface area contributed by atoms with E-state index in [1.165, 1.54) is 11.9 Å². The molecule has 2 N–H and O–H groups in total. The van der Waals surface area contributed by atoms with Gasteiger partial charge in [-0.05, 0) is 24.7 Å². The average Bonchev–Trinajstić information content (AvgIpc) is 2.99. The smallest absolute Gasteiger partial charge is 0.230 e. The van der Waals surface area contributed by atoms with Gasteiger partial charge < -0.3 is 5.32 Å². The summed E-state index contributed by atoms with van der Waals surface area (Å²) in [4.78, 5) is 15.8. The van der Waals surface area contributed by atoms with Gasteiger partial charge in [-0.3, -0.25) is 9.89 Å². The lowest BCUT2D eigenvalue weighted by Gasteiger charge is -2.10. The number of benzene rings is 1. The SMILES string of the molecule is CC(NC(=O)CSCCc1ccccc1)c1ncn[nH]1. The highest BCUT2D eigenvalue weighted by Crippen LogP contribution is 2.08. The van der Waals surface area contributed by atoms with Gasteiger partial charge in [0.05, 0.1) is 11.8 Å². The second-order valence-electron chi connectivity index (χ2n) is 4.45. The first-order valence-electron chi connectivity index (χ1n) is 6.52. The van der Waals surface area contributed by atoms with E-state index < -0.39 is 0 Å². The van der Waals surface area contributed by atoms with Crippen LogP contribution in [0.1, 0.15) is 24.4 Å². The third-order valence-corrected chi connectivity index (χ3v) is 3.79. The van der Waals surface area contributed by atoms with Crippen molar-refractivity contribution in [3.63, 3.8) is 0 Å². The van der Waals surface area contributed by atoms with E-state index in [2.05, 4.69) is 32.6 Å². The van der Waals surface area contributed by atoms with Gasteiger partial charge in [0.15, 0.2) is 0 Å². The fourth-order valence-corrected chi connectivity index (χ4v) is 2.57. The summed E-state index contributed by atoms with van der Waals surface area (Å²) in [6.07, 6.45) is 2.42. The molecule has 1 atom stereocenters. The highest BCUT2D eigenvalue weighted by atomic mass is 32.2. The van der Waals surface area contributed by atoms with E-state index in [0.717, 1.165) is 12.2 Å². The summed E-state index contributed by atoms with van der Waals surface area (Å²) < 4.78 is 0. The maximum atomic E-state index is 11.8. The van der Waals surface area contributed by atoms with Crippen molar-refractivity contribution in [2.75, 3.05) is 11.5 Å². The largest absolute Gasteiger partial charge is 0.346 e. The predicted molar refractivity (Wildman–Crippen MR) is 80.4 cm³/mol. The number of hydrogen-bond acceptors (Lipinski definition) is 4. The first kappa shape index (κ1) is 14.6. The van der Waals surface area contributed by atoms with E-state index in [4.69, 9.17) is 0 Å². The van der Waals surface area contributed by atoms with Crippen LogP contribution in [-0.4, -0.2) is 32.6 Å². The number of hydrogen-bond donors (Lipinski definition) is 2. The minimum atomic E-state index is -0.139. The van der Waals surface area contributed by atoms with Crippen molar-refractivity contribution in [1.29, 1.82) is 0 Å². The van der Waals surface area contributed by atoms with Crippen molar-refractivity contribution < 1.29 is 4.79 Å². The molecule has 1 aromatic heterocycles. The van der Waals surface area contributed by atoms with Crippen molar-refractivity contribution >= 4 is 17.7 Å². The van der Waals surface area contributed by atoms with Crippen LogP contribution in [0, 0.1) is 0 Å². The van der Waals surface area contributed by atoms with Gasteiger partial charge in [-0.25, -0.2) is 4.98 Å². The number of carbonyl (C=O) groups excluding carboxylic acids is 1. The second-order valence-corrected chi connectivity index (χ2v) is 5.55. The molecule has 0 spiro atoms. The Labute approximate surface area is 122 Å². The maximum Gasteiger partial charge on any atom is 0.230 e. The molecule has 2 aromatic rings. The number of aromatic nitrogens is 3. The van der Waals surface area contributed by atoms with Crippen LogP contribution >= 0.6 is 11.8 Å². The molecule has 106 valence electrons. The lowest BCUT2D eigenvalue weighted by molar-refractivity contribution is -0.119. The van der Waals surface area contributed by atoms with Gasteiger partial charge in [0, 0.05) is 0 Å². The Morgan fingerprint density at radius 2 is 2.20 bits per heavy atom. The van der Waals surface area contributed by atoms with Crippen molar-refractivity contribution in [3.05, 3.63) is 48.0 Å². The van der Waals surface area contributed by atoms with Gasteiger partial charge >= 0.3 is 0 Å². The molecule has 2 rings (SSSR count). The zero-order valence-corrected chi connectivity index (χ0v) is 12.2. The zero-order valence-electron chi connectivity index (χ0n) is 11.4. The molecule has 0 aliphatic heterocycles. The molecular weight excluding hydrogens is 272 g/mol. The fraction of sp³-hybridized carbons (Fsp3) is 0.357. The molecule has 0 saturated carbocycles. The lowest BCUT2D eigenvalue weighted by atomic mass is 10.2. The van der Waals surface area contributed by atoms with Crippen LogP contribution in [0.25, 0.3) is 0 Å². The van der Waals surface area contributed by atoms with Gasteiger partial charge in [-0.1, -0.05) is 30.3 Å². The molecule has 0 aliphatic rings. The van der Waals surface area contributed by atoms with E-state index in [0.29, 0.717) is 11.6 Å². The molecule has 1 heterocycles. The monoisotopic (exact) mass is 290 g/mol. The zero-order chi connectivity index (χ0) is 14.2. The number of nitrogens with zero attached hydrogens (tertiary/aromatic N) is 2. The fourth-order valence-electron chi connectivity index (χ4n) is 1.77. The molecule has 6 heteroatoms. The van der Waals surface area contributed by atoms with Gasteiger partial charge in [0.1, 0.15) is 12.2 Å². The quantitative estimate of drug-likeness (QED) is 0.765. The highest BCUT2D eigenvalue weighted by Gasteiger charge is 2.11. The Kier molecular flexibility index (Phi) is 5.61. The first-order chi connectivity index (χ1) is 9.75. The summed E-state index contributed by atoms with van der Waals surface area (Å²) in [5, 5.41) is 9.40. The number of amides is 1. The van der Waals surface area contributed by atoms with E-state index in [-0.39, 0.29) is 11.9 Å². The molecule has 1 unspecified atom stereocenters. The molecular formula is C14H18N4OS. The second kappa shape index (κ2) is 7.69. The summed E-state index contributed by atoms with van der Waals surface area (Å²) in [5.74, 6) is 2.10. The van der Waals surface area contributed by atoms with E-state index in [1.807, 2.05) is 25.1 Å². The van der Waals surface area contributed by atoms with Crippen LogP contribution < -0.4 is 5.32 Å². The number of H-pyrrole nitrogens is 1. The number of aryl methyl sites for hydroxylation is 1.